The quantitative estimate of drug-likeness (QED) is 0.829. The Bertz CT molecular complexity index is 252. The van der Waals surface area contributed by atoms with E-state index in [4.69, 9.17) is 0 Å². The van der Waals surface area contributed by atoms with Crippen molar-refractivity contribution in [3.05, 3.63) is 0 Å². The molecule has 2 heterocycles. The van der Waals surface area contributed by atoms with Crippen LogP contribution < -0.4 is 5.32 Å². The van der Waals surface area contributed by atoms with E-state index >= 15 is 0 Å². The van der Waals surface area contributed by atoms with Crippen LogP contribution in [0.3, 0.4) is 0 Å². The number of nitrogens with zero attached hydrogens (tertiary/aromatic N) is 1. The lowest BCUT2D eigenvalue weighted by Crippen LogP contribution is -2.49. The average Bonchev–Trinajstić information content (AvgIpc) is 2.41. The summed E-state index contributed by atoms with van der Waals surface area (Å²) in [7, 11) is 0. The molecule has 3 aliphatic rings. The van der Waals surface area contributed by atoms with Gasteiger partial charge >= 0.3 is 0 Å². The molecule has 2 nitrogen and oxygen atoms in total. The molecule has 1 saturated carbocycles. The molecule has 0 atom stereocenters. The Kier molecular flexibility index (Phi) is 4.53. The monoisotopic (exact) mass is 268 g/mol. The lowest BCUT2D eigenvalue weighted by atomic mass is 9.87. The van der Waals surface area contributed by atoms with E-state index in [0.29, 0.717) is 4.75 Å². The molecule has 0 aromatic heterocycles. The maximum atomic E-state index is 3.49. The molecule has 3 heteroatoms. The van der Waals surface area contributed by atoms with Crippen molar-refractivity contribution >= 4 is 11.8 Å². The summed E-state index contributed by atoms with van der Waals surface area (Å²) < 4.78 is 0.656. The van der Waals surface area contributed by atoms with Gasteiger partial charge in [-0.1, -0.05) is 19.3 Å². The van der Waals surface area contributed by atoms with Gasteiger partial charge in [0.25, 0.3) is 0 Å². The molecule has 0 aromatic carbocycles. The van der Waals surface area contributed by atoms with Crippen molar-refractivity contribution in [1.29, 1.82) is 0 Å². The molecular weight excluding hydrogens is 240 g/mol. The minimum absolute atomic E-state index is 0.656. The van der Waals surface area contributed by atoms with Crippen molar-refractivity contribution in [3.63, 3.8) is 0 Å². The normalized spacial score (nSPS) is 30.7. The molecule has 0 aromatic rings. The molecular formula is C15H28N2S. The summed E-state index contributed by atoms with van der Waals surface area (Å²) in [5, 5.41) is 3.49. The first kappa shape index (κ1) is 13.3. The topological polar surface area (TPSA) is 15.3 Å². The van der Waals surface area contributed by atoms with Crippen LogP contribution in [-0.2, 0) is 0 Å². The van der Waals surface area contributed by atoms with Crippen LogP contribution in [0.15, 0.2) is 0 Å². The smallest absolute Gasteiger partial charge is 0.0287 e. The molecule has 0 amide bonds. The van der Waals surface area contributed by atoms with Gasteiger partial charge in [-0.3, -0.25) is 0 Å². The molecule has 3 fully saturated rings. The van der Waals surface area contributed by atoms with Crippen LogP contribution in [0.2, 0.25) is 0 Å². The number of rotatable bonds is 2. The Hall–Kier alpha value is 0.270. The van der Waals surface area contributed by atoms with Crippen LogP contribution in [0.1, 0.15) is 44.9 Å². The Morgan fingerprint density at radius 3 is 2.67 bits per heavy atom. The second-order valence-electron chi connectivity index (χ2n) is 6.52. The van der Waals surface area contributed by atoms with E-state index in [1.54, 1.807) is 0 Å². The van der Waals surface area contributed by atoms with Crippen molar-refractivity contribution in [2.45, 2.75) is 49.7 Å². The second-order valence-corrected chi connectivity index (χ2v) is 8.08. The van der Waals surface area contributed by atoms with Crippen LogP contribution >= 0.6 is 11.8 Å². The third-order valence-corrected chi connectivity index (χ3v) is 6.60. The molecule has 1 N–H and O–H groups in total. The van der Waals surface area contributed by atoms with Crippen LogP contribution in [0.25, 0.3) is 0 Å². The number of piperidine rings is 1. The van der Waals surface area contributed by atoms with Gasteiger partial charge in [-0.25, -0.2) is 0 Å². The third kappa shape index (κ3) is 3.23. The molecule has 0 bridgehead atoms. The van der Waals surface area contributed by atoms with E-state index in [9.17, 15) is 0 Å². The van der Waals surface area contributed by atoms with Gasteiger partial charge in [-0.2, -0.15) is 11.8 Å². The van der Waals surface area contributed by atoms with Gasteiger partial charge in [0.1, 0.15) is 0 Å². The minimum Gasteiger partial charge on any atom is -0.317 e. The zero-order valence-electron chi connectivity index (χ0n) is 11.6. The molecule has 0 unspecified atom stereocenters. The van der Waals surface area contributed by atoms with Crippen LogP contribution in [0, 0.1) is 5.92 Å². The molecule has 2 aliphatic heterocycles. The Morgan fingerprint density at radius 1 is 1.11 bits per heavy atom. The minimum atomic E-state index is 0.656. The maximum absolute atomic E-state index is 3.49. The van der Waals surface area contributed by atoms with Gasteiger partial charge in [-0.05, 0) is 44.7 Å². The van der Waals surface area contributed by atoms with Crippen molar-refractivity contribution in [3.8, 4) is 0 Å². The van der Waals surface area contributed by atoms with Crippen molar-refractivity contribution in [2.24, 2.45) is 5.92 Å². The van der Waals surface area contributed by atoms with Crippen LogP contribution in [0.4, 0.5) is 0 Å². The van der Waals surface area contributed by atoms with E-state index in [1.165, 1.54) is 83.4 Å². The second kappa shape index (κ2) is 6.15. The molecule has 3 rings (SSSR count). The van der Waals surface area contributed by atoms with Gasteiger partial charge in [0.05, 0.1) is 0 Å². The molecule has 18 heavy (non-hydrogen) atoms. The fourth-order valence-electron chi connectivity index (χ4n) is 4.01. The first-order valence-electron chi connectivity index (χ1n) is 7.93. The first-order valence-corrected chi connectivity index (χ1v) is 8.92. The van der Waals surface area contributed by atoms with Crippen molar-refractivity contribution in [2.75, 3.05) is 38.5 Å². The van der Waals surface area contributed by atoms with Crippen LogP contribution in [-0.4, -0.2) is 48.1 Å². The summed E-state index contributed by atoms with van der Waals surface area (Å²) in [4.78, 5) is 2.80. The fraction of sp³-hybridized carbons (Fsp3) is 1.00. The summed E-state index contributed by atoms with van der Waals surface area (Å²) in [6.07, 6.45) is 10.2. The third-order valence-electron chi connectivity index (χ3n) is 5.07. The molecule has 104 valence electrons. The van der Waals surface area contributed by atoms with Gasteiger partial charge in [0.15, 0.2) is 0 Å². The molecule has 0 radical (unpaired) electrons. The SMILES string of the molecule is C1CCC2(CC1)CN(CC1CCNCC1)CCS2. The van der Waals surface area contributed by atoms with E-state index in [-0.39, 0.29) is 0 Å². The zero-order chi connectivity index (χ0) is 12.3. The van der Waals surface area contributed by atoms with Gasteiger partial charge in [-0.15, -0.1) is 0 Å². The highest BCUT2D eigenvalue weighted by Crippen LogP contribution is 2.42. The predicted molar refractivity (Wildman–Crippen MR) is 80.3 cm³/mol. The zero-order valence-corrected chi connectivity index (χ0v) is 12.4. The Labute approximate surface area is 116 Å². The Balaban J connectivity index is 1.52. The summed E-state index contributed by atoms with van der Waals surface area (Å²) >= 11 is 2.30. The van der Waals surface area contributed by atoms with E-state index in [2.05, 4.69) is 22.0 Å². The van der Waals surface area contributed by atoms with E-state index in [1.807, 2.05) is 0 Å². The number of thioether (sulfide) groups is 1. The number of nitrogens with one attached hydrogen (secondary N) is 1. The summed E-state index contributed by atoms with van der Waals surface area (Å²) in [5.41, 5.74) is 0. The average molecular weight is 268 g/mol. The number of hydrogen-bond donors (Lipinski definition) is 1. The largest absolute Gasteiger partial charge is 0.317 e. The lowest BCUT2D eigenvalue weighted by molar-refractivity contribution is 0.176. The van der Waals surface area contributed by atoms with Crippen molar-refractivity contribution < 1.29 is 0 Å². The molecule has 2 saturated heterocycles. The fourth-order valence-corrected chi connectivity index (χ4v) is 5.64. The van der Waals surface area contributed by atoms with Gasteiger partial charge in [0.2, 0.25) is 0 Å². The highest BCUT2D eigenvalue weighted by molar-refractivity contribution is 8.00. The first-order chi connectivity index (χ1) is 8.86. The van der Waals surface area contributed by atoms with E-state index < -0.39 is 0 Å². The molecule has 1 spiro atoms. The lowest BCUT2D eigenvalue weighted by Gasteiger charge is -2.45. The van der Waals surface area contributed by atoms with Crippen molar-refractivity contribution in [1.82, 2.24) is 10.2 Å². The highest BCUT2D eigenvalue weighted by Gasteiger charge is 2.37. The number of hydrogen-bond acceptors (Lipinski definition) is 3. The highest BCUT2D eigenvalue weighted by atomic mass is 32.2. The van der Waals surface area contributed by atoms with Crippen LogP contribution in [0.5, 0.6) is 0 Å². The molecule has 1 aliphatic carbocycles. The maximum Gasteiger partial charge on any atom is 0.0287 e. The predicted octanol–water partition coefficient (Wildman–Crippen LogP) is 2.74. The van der Waals surface area contributed by atoms with Gasteiger partial charge < -0.3 is 10.2 Å². The summed E-state index contributed by atoms with van der Waals surface area (Å²) in [6.45, 7) is 6.61. The standard InChI is InChI=1S/C15H28N2S/c1-2-6-15(7-3-1)13-17(10-11-18-15)12-14-4-8-16-9-5-14/h14,16H,1-13H2. The van der Waals surface area contributed by atoms with Gasteiger partial charge in [0, 0.05) is 30.1 Å². The Morgan fingerprint density at radius 2 is 1.89 bits per heavy atom. The van der Waals surface area contributed by atoms with E-state index in [0.717, 1.165) is 5.92 Å². The summed E-state index contributed by atoms with van der Waals surface area (Å²) in [5.74, 6) is 2.35. The summed E-state index contributed by atoms with van der Waals surface area (Å²) in [6, 6.07) is 0.